The molecule has 1 aromatic carbocycles. The fraction of sp³-hybridized carbons (Fsp3) is 0.381. The van der Waals surface area contributed by atoms with E-state index in [4.69, 9.17) is 11.6 Å². The first kappa shape index (κ1) is 19.2. The zero-order valence-electron chi connectivity index (χ0n) is 16.3. The molecule has 2 fully saturated rings. The van der Waals surface area contributed by atoms with E-state index in [0.29, 0.717) is 17.7 Å². The molecular weight excluding hydrogens is 412 g/mol. The molecule has 2 aromatic heterocycles. The highest BCUT2D eigenvalue weighted by molar-refractivity contribution is 6.33. The SMILES string of the molecule is Cn1nccc1C1C[C@H]2CC[C@@H](C1)N2c1cnn(-c2ccc(F)cc2F)c(=O)c1Cl. The van der Waals surface area contributed by atoms with Crippen LogP contribution in [0.25, 0.3) is 5.69 Å². The van der Waals surface area contributed by atoms with Crippen LogP contribution in [-0.2, 0) is 7.05 Å². The van der Waals surface area contributed by atoms with Crippen LogP contribution < -0.4 is 10.5 Å². The molecule has 0 amide bonds. The number of benzene rings is 1. The van der Waals surface area contributed by atoms with Crippen LogP contribution in [0.4, 0.5) is 14.5 Å². The number of aromatic nitrogens is 4. The zero-order chi connectivity index (χ0) is 21.0. The molecule has 30 heavy (non-hydrogen) atoms. The van der Waals surface area contributed by atoms with Crippen molar-refractivity contribution in [2.24, 2.45) is 7.05 Å². The van der Waals surface area contributed by atoms with Crippen LogP contribution in [0.5, 0.6) is 0 Å². The van der Waals surface area contributed by atoms with Gasteiger partial charge in [-0.2, -0.15) is 14.9 Å². The summed E-state index contributed by atoms with van der Waals surface area (Å²) in [5.74, 6) is -1.18. The second kappa shape index (κ2) is 7.19. The van der Waals surface area contributed by atoms with E-state index in [0.717, 1.165) is 36.4 Å². The van der Waals surface area contributed by atoms with Crippen molar-refractivity contribution in [1.82, 2.24) is 19.6 Å². The molecule has 0 aliphatic carbocycles. The molecule has 0 radical (unpaired) electrons. The highest BCUT2D eigenvalue weighted by Gasteiger charge is 2.43. The van der Waals surface area contributed by atoms with Gasteiger partial charge in [-0.1, -0.05) is 11.6 Å². The molecule has 0 spiro atoms. The second-order valence-electron chi connectivity index (χ2n) is 8.00. The minimum absolute atomic E-state index is 0.00427. The summed E-state index contributed by atoms with van der Waals surface area (Å²) in [6.07, 6.45) is 7.26. The van der Waals surface area contributed by atoms with Gasteiger partial charge in [0.1, 0.15) is 16.5 Å². The third-order valence-electron chi connectivity index (χ3n) is 6.33. The van der Waals surface area contributed by atoms with Crippen LogP contribution >= 0.6 is 11.6 Å². The predicted molar refractivity (Wildman–Crippen MR) is 109 cm³/mol. The summed E-state index contributed by atoms with van der Waals surface area (Å²) in [6, 6.07) is 5.54. The lowest BCUT2D eigenvalue weighted by Gasteiger charge is -2.40. The molecule has 3 aromatic rings. The zero-order valence-corrected chi connectivity index (χ0v) is 17.1. The van der Waals surface area contributed by atoms with E-state index in [-0.39, 0.29) is 22.8 Å². The molecule has 2 aliphatic rings. The maximum Gasteiger partial charge on any atom is 0.292 e. The number of hydrogen-bond acceptors (Lipinski definition) is 4. The summed E-state index contributed by atoms with van der Waals surface area (Å²) < 4.78 is 30.2. The van der Waals surface area contributed by atoms with Crippen LogP contribution in [0.15, 0.2) is 41.5 Å². The van der Waals surface area contributed by atoms with Gasteiger partial charge in [-0.25, -0.2) is 8.78 Å². The number of hydrogen-bond donors (Lipinski definition) is 0. The summed E-state index contributed by atoms with van der Waals surface area (Å²) in [7, 11) is 1.96. The first-order valence-electron chi connectivity index (χ1n) is 9.93. The third kappa shape index (κ3) is 3.01. The number of fused-ring (bicyclic) bond motifs is 2. The van der Waals surface area contributed by atoms with Gasteiger partial charge >= 0.3 is 0 Å². The summed E-state index contributed by atoms with van der Waals surface area (Å²) in [5.41, 5.74) is 1.05. The summed E-state index contributed by atoms with van der Waals surface area (Å²) in [5, 5.41) is 8.45. The summed E-state index contributed by atoms with van der Waals surface area (Å²) >= 11 is 6.46. The molecule has 2 bridgehead atoms. The smallest absolute Gasteiger partial charge is 0.292 e. The fourth-order valence-electron chi connectivity index (χ4n) is 5.03. The fourth-order valence-corrected chi connectivity index (χ4v) is 5.25. The average molecular weight is 432 g/mol. The second-order valence-corrected chi connectivity index (χ2v) is 8.37. The summed E-state index contributed by atoms with van der Waals surface area (Å²) in [6.45, 7) is 0. The minimum atomic E-state index is -0.870. The van der Waals surface area contributed by atoms with Crippen molar-refractivity contribution in [3.8, 4) is 5.69 Å². The Kier molecular flexibility index (Phi) is 4.61. The number of anilines is 1. The molecule has 0 N–H and O–H groups in total. The number of aryl methyl sites for hydroxylation is 1. The lowest BCUT2D eigenvalue weighted by molar-refractivity contribution is 0.399. The normalized spacial score (nSPS) is 23.2. The van der Waals surface area contributed by atoms with Crippen molar-refractivity contribution in [3.05, 3.63) is 69.4 Å². The van der Waals surface area contributed by atoms with Crippen molar-refractivity contribution in [2.45, 2.75) is 43.7 Å². The number of rotatable bonds is 3. The quantitative estimate of drug-likeness (QED) is 0.632. The van der Waals surface area contributed by atoms with E-state index < -0.39 is 17.2 Å². The van der Waals surface area contributed by atoms with Crippen molar-refractivity contribution < 1.29 is 8.78 Å². The Hall–Kier alpha value is -2.74. The average Bonchev–Trinajstić information content (AvgIpc) is 3.25. The first-order valence-corrected chi connectivity index (χ1v) is 10.3. The Morgan fingerprint density at radius 1 is 1.07 bits per heavy atom. The van der Waals surface area contributed by atoms with Crippen molar-refractivity contribution >= 4 is 17.3 Å². The number of piperidine rings is 1. The van der Waals surface area contributed by atoms with Gasteiger partial charge in [0.15, 0.2) is 5.82 Å². The van der Waals surface area contributed by atoms with E-state index in [9.17, 15) is 13.6 Å². The lowest BCUT2D eigenvalue weighted by Crippen LogP contribution is -2.43. The molecule has 2 saturated heterocycles. The van der Waals surface area contributed by atoms with E-state index in [1.54, 1.807) is 0 Å². The largest absolute Gasteiger partial charge is 0.363 e. The molecule has 4 heterocycles. The Balaban J connectivity index is 1.48. The van der Waals surface area contributed by atoms with Crippen LogP contribution in [0.1, 0.15) is 37.3 Å². The molecule has 9 heteroatoms. The van der Waals surface area contributed by atoms with Gasteiger partial charge in [-0.05, 0) is 43.9 Å². The maximum atomic E-state index is 14.1. The topological polar surface area (TPSA) is 56.0 Å². The number of halogens is 3. The monoisotopic (exact) mass is 431 g/mol. The van der Waals surface area contributed by atoms with Crippen LogP contribution in [-0.4, -0.2) is 31.6 Å². The van der Waals surface area contributed by atoms with E-state index in [1.807, 2.05) is 17.9 Å². The van der Waals surface area contributed by atoms with Crippen molar-refractivity contribution in [2.75, 3.05) is 4.90 Å². The standard InChI is InChI=1S/C21H20ClF2N5O/c1-27-17(6-7-25-27)12-8-14-3-4-15(9-12)28(14)19-11-26-29(21(30)20(19)22)18-5-2-13(23)10-16(18)24/h2,5-7,10-12,14-15H,3-4,8-9H2,1H3/t12?,14-,15+. The Labute approximate surface area is 176 Å². The van der Waals surface area contributed by atoms with Crippen LogP contribution in [0.2, 0.25) is 5.02 Å². The molecule has 0 saturated carbocycles. The van der Waals surface area contributed by atoms with Gasteiger partial charge in [-0.15, -0.1) is 0 Å². The molecular formula is C21H20ClF2N5O. The van der Waals surface area contributed by atoms with Gasteiger partial charge in [0.25, 0.3) is 5.56 Å². The Morgan fingerprint density at radius 3 is 2.43 bits per heavy atom. The Bertz CT molecular complexity index is 1160. The maximum absolute atomic E-state index is 14.1. The van der Waals surface area contributed by atoms with Crippen LogP contribution in [0.3, 0.4) is 0 Å². The summed E-state index contributed by atoms with van der Waals surface area (Å²) in [4.78, 5) is 15.1. The lowest BCUT2D eigenvalue weighted by atomic mass is 9.88. The minimum Gasteiger partial charge on any atom is -0.363 e. The third-order valence-corrected chi connectivity index (χ3v) is 6.68. The van der Waals surface area contributed by atoms with E-state index >= 15 is 0 Å². The van der Waals surface area contributed by atoms with Gasteiger partial charge in [0.2, 0.25) is 0 Å². The van der Waals surface area contributed by atoms with Gasteiger partial charge in [-0.3, -0.25) is 9.48 Å². The van der Waals surface area contributed by atoms with Crippen LogP contribution in [0, 0.1) is 11.6 Å². The van der Waals surface area contributed by atoms with Crippen molar-refractivity contribution in [3.63, 3.8) is 0 Å². The molecule has 5 rings (SSSR count). The number of nitrogens with zero attached hydrogens (tertiary/aromatic N) is 5. The van der Waals surface area contributed by atoms with E-state index in [2.05, 4.69) is 21.2 Å². The van der Waals surface area contributed by atoms with E-state index in [1.165, 1.54) is 18.0 Å². The van der Waals surface area contributed by atoms with Gasteiger partial charge in [0.05, 0.1) is 11.9 Å². The van der Waals surface area contributed by atoms with Gasteiger partial charge in [0, 0.05) is 43.0 Å². The van der Waals surface area contributed by atoms with Crippen molar-refractivity contribution in [1.29, 1.82) is 0 Å². The highest BCUT2D eigenvalue weighted by atomic mass is 35.5. The Morgan fingerprint density at radius 2 is 1.80 bits per heavy atom. The first-order chi connectivity index (χ1) is 14.4. The molecule has 156 valence electrons. The highest BCUT2D eigenvalue weighted by Crippen LogP contribution is 2.46. The predicted octanol–water partition coefficient (Wildman–Crippen LogP) is 3.81. The van der Waals surface area contributed by atoms with Gasteiger partial charge < -0.3 is 4.90 Å². The molecule has 1 unspecified atom stereocenters. The molecule has 2 aliphatic heterocycles. The molecule has 6 nitrogen and oxygen atoms in total. The molecule has 3 atom stereocenters.